The Labute approximate surface area is 162 Å². The van der Waals surface area contributed by atoms with Crippen molar-refractivity contribution in [2.75, 3.05) is 5.32 Å². The number of anilines is 1. The van der Waals surface area contributed by atoms with Gasteiger partial charge in [0.25, 0.3) is 5.91 Å². The van der Waals surface area contributed by atoms with Gasteiger partial charge in [0.1, 0.15) is 0 Å². The first-order valence-corrected chi connectivity index (χ1v) is 8.97. The van der Waals surface area contributed by atoms with Crippen LogP contribution in [0.5, 0.6) is 0 Å². The first kappa shape index (κ1) is 17.6. The molecule has 6 nitrogen and oxygen atoms in total. The Morgan fingerprint density at radius 3 is 2.54 bits per heavy atom. The summed E-state index contributed by atoms with van der Waals surface area (Å²) in [6, 6.07) is 20.9. The third-order valence-corrected chi connectivity index (χ3v) is 4.29. The predicted octanol–water partition coefficient (Wildman–Crippen LogP) is 3.95. The standard InChI is InChI=1S/C22H19N5O/c1-16-6-5-7-17(14-16)15-24-22-25-20(18-10-12-23-13-11-18)26-27(22)21(28)19-8-3-2-4-9-19/h2-14H,15H2,1H3,(H,24,25,26). The second-order valence-corrected chi connectivity index (χ2v) is 6.42. The van der Waals surface area contributed by atoms with Gasteiger partial charge in [-0.3, -0.25) is 9.78 Å². The largest absolute Gasteiger partial charge is 0.350 e. The summed E-state index contributed by atoms with van der Waals surface area (Å²) in [6.45, 7) is 2.59. The Hall–Kier alpha value is -3.80. The van der Waals surface area contributed by atoms with Crippen LogP contribution in [0.25, 0.3) is 11.4 Å². The van der Waals surface area contributed by atoms with Crippen LogP contribution in [0.4, 0.5) is 5.95 Å². The first-order valence-electron chi connectivity index (χ1n) is 8.97. The van der Waals surface area contributed by atoms with Crippen molar-refractivity contribution in [2.24, 2.45) is 0 Å². The fraction of sp³-hybridized carbons (Fsp3) is 0.0909. The molecule has 0 aliphatic carbocycles. The average molecular weight is 369 g/mol. The van der Waals surface area contributed by atoms with Crippen molar-refractivity contribution in [2.45, 2.75) is 13.5 Å². The van der Waals surface area contributed by atoms with E-state index in [1.807, 2.05) is 55.5 Å². The Kier molecular flexibility index (Phi) is 4.93. The topological polar surface area (TPSA) is 72.7 Å². The van der Waals surface area contributed by atoms with Gasteiger partial charge in [0.05, 0.1) is 0 Å². The highest BCUT2D eigenvalue weighted by molar-refractivity contribution is 5.97. The lowest BCUT2D eigenvalue weighted by Gasteiger charge is -2.08. The molecule has 0 radical (unpaired) electrons. The van der Waals surface area contributed by atoms with E-state index < -0.39 is 0 Å². The van der Waals surface area contributed by atoms with E-state index in [1.165, 1.54) is 10.2 Å². The summed E-state index contributed by atoms with van der Waals surface area (Å²) in [5.74, 6) is 0.640. The molecule has 0 aliphatic rings. The zero-order valence-corrected chi connectivity index (χ0v) is 15.4. The van der Waals surface area contributed by atoms with Crippen LogP contribution in [0.15, 0.2) is 79.1 Å². The number of nitrogens with zero attached hydrogens (tertiary/aromatic N) is 4. The van der Waals surface area contributed by atoms with Crippen LogP contribution in [-0.4, -0.2) is 25.7 Å². The monoisotopic (exact) mass is 369 g/mol. The number of nitrogens with one attached hydrogen (secondary N) is 1. The van der Waals surface area contributed by atoms with Gasteiger partial charge in [0.2, 0.25) is 5.95 Å². The molecule has 2 aromatic heterocycles. The van der Waals surface area contributed by atoms with E-state index in [9.17, 15) is 4.79 Å². The van der Waals surface area contributed by atoms with Gasteiger partial charge in [-0.2, -0.15) is 9.67 Å². The summed E-state index contributed by atoms with van der Waals surface area (Å²) in [7, 11) is 0. The zero-order valence-electron chi connectivity index (χ0n) is 15.4. The van der Waals surface area contributed by atoms with Crippen LogP contribution in [0, 0.1) is 6.92 Å². The quantitative estimate of drug-likeness (QED) is 0.577. The number of carbonyl (C=O) groups is 1. The molecule has 0 spiro atoms. The van der Waals surface area contributed by atoms with E-state index in [0.717, 1.165) is 11.1 Å². The number of aryl methyl sites for hydroxylation is 1. The lowest BCUT2D eigenvalue weighted by atomic mass is 10.1. The normalized spacial score (nSPS) is 10.6. The van der Waals surface area contributed by atoms with Crippen LogP contribution >= 0.6 is 0 Å². The van der Waals surface area contributed by atoms with Crippen LogP contribution in [0.2, 0.25) is 0 Å². The molecule has 0 atom stereocenters. The van der Waals surface area contributed by atoms with Crippen molar-refractivity contribution < 1.29 is 4.79 Å². The molecule has 1 N–H and O–H groups in total. The maximum Gasteiger partial charge on any atom is 0.281 e. The number of benzene rings is 2. The molecule has 0 saturated heterocycles. The molecule has 4 aromatic rings. The summed E-state index contributed by atoms with van der Waals surface area (Å²) in [6.07, 6.45) is 3.35. The molecule has 28 heavy (non-hydrogen) atoms. The van der Waals surface area contributed by atoms with Gasteiger partial charge in [-0.25, -0.2) is 0 Å². The third kappa shape index (κ3) is 3.81. The summed E-state index contributed by atoms with van der Waals surface area (Å²) in [5.41, 5.74) is 3.63. The smallest absolute Gasteiger partial charge is 0.281 e. The van der Waals surface area contributed by atoms with Crippen molar-refractivity contribution >= 4 is 11.9 Å². The molecule has 2 heterocycles. The van der Waals surface area contributed by atoms with Gasteiger partial charge in [0.15, 0.2) is 5.82 Å². The fourth-order valence-corrected chi connectivity index (χ4v) is 2.90. The van der Waals surface area contributed by atoms with E-state index in [-0.39, 0.29) is 5.91 Å². The zero-order chi connectivity index (χ0) is 19.3. The molecular formula is C22H19N5O. The number of hydrogen-bond acceptors (Lipinski definition) is 5. The summed E-state index contributed by atoms with van der Waals surface area (Å²) in [5, 5.41) is 7.70. The number of pyridine rings is 1. The molecular weight excluding hydrogens is 350 g/mol. The Morgan fingerprint density at radius 1 is 1.00 bits per heavy atom. The second-order valence-electron chi connectivity index (χ2n) is 6.42. The van der Waals surface area contributed by atoms with Gasteiger partial charge >= 0.3 is 0 Å². The minimum Gasteiger partial charge on any atom is -0.350 e. The Morgan fingerprint density at radius 2 is 1.79 bits per heavy atom. The summed E-state index contributed by atoms with van der Waals surface area (Å²) in [4.78, 5) is 21.6. The van der Waals surface area contributed by atoms with Gasteiger partial charge < -0.3 is 5.32 Å². The average Bonchev–Trinajstić information content (AvgIpc) is 3.17. The van der Waals surface area contributed by atoms with Crippen LogP contribution in [0.1, 0.15) is 21.5 Å². The third-order valence-electron chi connectivity index (χ3n) is 4.29. The van der Waals surface area contributed by atoms with Crippen molar-refractivity contribution in [1.82, 2.24) is 19.7 Å². The molecule has 0 unspecified atom stereocenters. The van der Waals surface area contributed by atoms with Crippen molar-refractivity contribution in [3.05, 3.63) is 95.8 Å². The number of carbonyl (C=O) groups excluding carboxylic acids is 1. The van der Waals surface area contributed by atoms with Gasteiger partial charge in [-0.05, 0) is 36.8 Å². The predicted molar refractivity (Wildman–Crippen MR) is 108 cm³/mol. The number of aromatic nitrogens is 4. The molecule has 0 fully saturated rings. The van der Waals surface area contributed by atoms with Crippen molar-refractivity contribution in [3.63, 3.8) is 0 Å². The lowest BCUT2D eigenvalue weighted by Crippen LogP contribution is -2.17. The molecule has 0 saturated carbocycles. The van der Waals surface area contributed by atoms with E-state index in [1.54, 1.807) is 24.5 Å². The molecule has 6 heteroatoms. The van der Waals surface area contributed by atoms with Gasteiger partial charge in [0, 0.05) is 30.1 Å². The van der Waals surface area contributed by atoms with Crippen LogP contribution < -0.4 is 5.32 Å². The maximum atomic E-state index is 13.0. The van der Waals surface area contributed by atoms with Crippen LogP contribution in [0.3, 0.4) is 0 Å². The van der Waals surface area contributed by atoms with Crippen molar-refractivity contribution in [1.29, 1.82) is 0 Å². The molecule has 0 bridgehead atoms. The first-order chi connectivity index (χ1) is 13.7. The van der Waals surface area contributed by atoms with E-state index in [0.29, 0.717) is 23.9 Å². The number of hydrogen-bond donors (Lipinski definition) is 1. The second kappa shape index (κ2) is 7.84. The SMILES string of the molecule is Cc1cccc(CNc2nc(-c3ccncc3)nn2C(=O)c2ccccc2)c1. The molecule has 0 aliphatic heterocycles. The molecule has 138 valence electrons. The molecule has 4 rings (SSSR count). The number of rotatable bonds is 5. The van der Waals surface area contributed by atoms with E-state index in [2.05, 4.69) is 26.4 Å². The van der Waals surface area contributed by atoms with Crippen molar-refractivity contribution in [3.8, 4) is 11.4 Å². The minimum atomic E-state index is -0.236. The van der Waals surface area contributed by atoms with E-state index in [4.69, 9.17) is 0 Å². The molecule has 2 aromatic carbocycles. The highest BCUT2D eigenvalue weighted by Gasteiger charge is 2.18. The Bertz CT molecular complexity index is 1090. The van der Waals surface area contributed by atoms with E-state index >= 15 is 0 Å². The molecule has 0 amide bonds. The Balaban J connectivity index is 1.68. The minimum absolute atomic E-state index is 0.236. The van der Waals surface area contributed by atoms with Gasteiger partial charge in [-0.1, -0.05) is 48.0 Å². The fourth-order valence-electron chi connectivity index (χ4n) is 2.90. The summed E-state index contributed by atoms with van der Waals surface area (Å²) < 4.78 is 1.32. The maximum absolute atomic E-state index is 13.0. The lowest BCUT2D eigenvalue weighted by molar-refractivity contribution is 0.0947. The van der Waals surface area contributed by atoms with Gasteiger partial charge in [-0.15, -0.1) is 5.10 Å². The van der Waals surface area contributed by atoms with Crippen LogP contribution in [-0.2, 0) is 6.54 Å². The highest BCUT2D eigenvalue weighted by atomic mass is 16.2. The highest BCUT2D eigenvalue weighted by Crippen LogP contribution is 2.19. The summed E-state index contributed by atoms with van der Waals surface area (Å²) >= 11 is 0.